The van der Waals surface area contributed by atoms with Crippen molar-refractivity contribution in [2.24, 2.45) is 0 Å². The molecule has 0 fully saturated rings. The van der Waals surface area contributed by atoms with Gasteiger partial charge in [0.1, 0.15) is 6.61 Å². The lowest BCUT2D eigenvalue weighted by molar-refractivity contribution is -0.139. The van der Waals surface area contributed by atoms with Gasteiger partial charge in [-0.05, 0) is 12.5 Å². The lowest BCUT2D eigenvalue weighted by atomic mass is 10.2. The normalized spacial score (nSPS) is 11.7. The maximum Gasteiger partial charge on any atom is 0.302 e. The Morgan fingerprint density at radius 1 is 1.58 bits per heavy atom. The molecule has 2 nitrogen and oxygen atoms in total. The Bertz CT molecular complexity index is 212. The van der Waals surface area contributed by atoms with Gasteiger partial charge in [-0.15, -0.1) is 0 Å². The SMILES string of the molecule is C=C/C=C\C(=C/C)COC(C)=O. The van der Waals surface area contributed by atoms with Gasteiger partial charge in [0.15, 0.2) is 0 Å². The number of carbonyl (C=O) groups excluding carboxylic acids is 1. The first-order chi connectivity index (χ1) is 5.70. The Morgan fingerprint density at radius 2 is 2.25 bits per heavy atom. The fraction of sp³-hybridized carbons (Fsp3) is 0.300. The highest BCUT2D eigenvalue weighted by Gasteiger charge is 1.93. The summed E-state index contributed by atoms with van der Waals surface area (Å²) in [5.74, 6) is -0.263. The van der Waals surface area contributed by atoms with Crippen LogP contribution in [0.15, 0.2) is 36.5 Å². The number of rotatable bonds is 4. The van der Waals surface area contributed by atoms with E-state index in [0.717, 1.165) is 5.57 Å². The highest BCUT2D eigenvalue weighted by Crippen LogP contribution is 1.98. The maximum absolute atomic E-state index is 10.4. The summed E-state index contributed by atoms with van der Waals surface area (Å²) < 4.78 is 4.80. The average Bonchev–Trinajstić information content (AvgIpc) is 2.05. The summed E-state index contributed by atoms with van der Waals surface area (Å²) in [6.07, 6.45) is 7.23. The van der Waals surface area contributed by atoms with Crippen molar-refractivity contribution in [3.63, 3.8) is 0 Å². The molecule has 0 aromatic carbocycles. The minimum atomic E-state index is -0.263. The van der Waals surface area contributed by atoms with Crippen LogP contribution < -0.4 is 0 Å². The first kappa shape index (κ1) is 10.7. The van der Waals surface area contributed by atoms with E-state index in [2.05, 4.69) is 6.58 Å². The molecule has 0 unspecified atom stereocenters. The Balaban J connectivity index is 3.93. The average molecular weight is 166 g/mol. The number of allylic oxidation sites excluding steroid dienone is 3. The molecule has 0 rings (SSSR count). The van der Waals surface area contributed by atoms with Gasteiger partial charge in [-0.3, -0.25) is 4.79 Å². The molecule has 0 N–H and O–H groups in total. The Hall–Kier alpha value is -1.31. The van der Waals surface area contributed by atoms with Gasteiger partial charge in [0, 0.05) is 6.92 Å². The minimum absolute atomic E-state index is 0.263. The molecule has 0 heterocycles. The zero-order chi connectivity index (χ0) is 9.40. The molecule has 0 radical (unpaired) electrons. The van der Waals surface area contributed by atoms with Gasteiger partial charge in [-0.25, -0.2) is 0 Å². The summed E-state index contributed by atoms with van der Waals surface area (Å²) in [5.41, 5.74) is 0.963. The molecule has 0 aliphatic carbocycles. The van der Waals surface area contributed by atoms with Crippen LogP contribution in [0.3, 0.4) is 0 Å². The molecule has 0 spiro atoms. The second kappa shape index (κ2) is 6.40. The van der Waals surface area contributed by atoms with E-state index in [9.17, 15) is 4.79 Å². The van der Waals surface area contributed by atoms with Gasteiger partial charge in [0.25, 0.3) is 0 Å². The number of ether oxygens (including phenoxy) is 1. The number of hydrogen-bond acceptors (Lipinski definition) is 2. The van der Waals surface area contributed by atoms with Crippen molar-refractivity contribution < 1.29 is 9.53 Å². The lowest BCUT2D eigenvalue weighted by Gasteiger charge is -2.00. The molecule has 12 heavy (non-hydrogen) atoms. The van der Waals surface area contributed by atoms with Gasteiger partial charge < -0.3 is 4.74 Å². The van der Waals surface area contributed by atoms with Crippen molar-refractivity contribution >= 4 is 5.97 Å². The fourth-order valence-electron chi connectivity index (χ4n) is 0.604. The molecule has 0 saturated heterocycles. The predicted octanol–water partition coefficient (Wildman–Crippen LogP) is 2.24. The second-order valence-corrected chi connectivity index (χ2v) is 2.24. The molecule has 0 saturated carbocycles. The van der Waals surface area contributed by atoms with E-state index in [1.165, 1.54) is 6.92 Å². The van der Waals surface area contributed by atoms with Crippen LogP contribution in [0.4, 0.5) is 0 Å². The van der Waals surface area contributed by atoms with E-state index in [1.54, 1.807) is 12.2 Å². The van der Waals surface area contributed by atoms with Crippen LogP contribution in [-0.4, -0.2) is 12.6 Å². The highest BCUT2D eigenvalue weighted by molar-refractivity contribution is 5.66. The predicted molar refractivity (Wildman–Crippen MR) is 49.7 cm³/mol. The van der Waals surface area contributed by atoms with Crippen molar-refractivity contribution in [1.29, 1.82) is 0 Å². The molecule has 0 aliphatic rings. The van der Waals surface area contributed by atoms with Gasteiger partial charge in [0.2, 0.25) is 0 Å². The molecule has 0 atom stereocenters. The molecule has 0 aliphatic heterocycles. The minimum Gasteiger partial charge on any atom is -0.461 e. The first-order valence-corrected chi connectivity index (χ1v) is 3.78. The van der Waals surface area contributed by atoms with Crippen LogP contribution >= 0.6 is 0 Å². The fourth-order valence-corrected chi connectivity index (χ4v) is 0.604. The van der Waals surface area contributed by atoms with Crippen molar-refractivity contribution in [3.05, 3.63) is 36.5 Å². The van der Waals surface area contributed by atoms with E-state index in [-0.39, 0.29) is 5.97 Å². The van der Waals surface area contributed by atoms with Gasteiger partial charge in [0.05, 0.1) is 0 Å². The van der Waals surface area contributed by atoms with Crippen molar-refractivity contribution in [2.45, 2.75) is 13.8 Å². The van der Waals surface area contributed by atoms with E-state index < -0.39 is 0 Å². The van der Waals surface area contributed by atoms with Crippen LogP contribution in [-0.2, 0) is 9.53 Å². The Labute approximate surface area is 73.2 Å². The highest BCUT2D eigenvalue weighted by atomic mass is 16.5. The summed E-state index contributed by atoms with van der Waals surface area (Å²) in [5, 5.41) is 0. The van der Waals surface area contributed by atoms with E-state index in [4.69, 9.17) is 4.74 Å². The summed E-state index contributed by atoms with van der Waals surface area (Å²) in [4.78, 5) is 10.4. The lowest BCUT2D eigenvalue weighted by Crippen LogP contribution is -2.01. The maximum atomic E-state index is 10.4. The van der Waals surface area contributed by atoms with E-state index in [0.29, 0.717) is 6.61 Å². The Kier molecular flexibility index (Phi) is 5.70. The van der Waals surface area contributed by atoms with E-state index >= 15 is 0 Å². The summed E-state index contributed by atoms with van der Waals surface area (Å²) in [6, 6.07) is 0. The molecule has 0 amide bonds. The quantitative estimate of drug-likeness (QED) is 0.473. The molecular weight excluding hydrogens is 152 g/mol. The monoisotopic (exact) mass is 166 g/mol. The van der Waals surface area contributed by atoms with Crippen molar-refractivity contribution in [3.8, 4) is 0 Å². The number of hydrogen-bond donors (Lipinski definition) is 0. The van der Waals surface area contributed by atoms with Crippen LogP contribution in [0.5, 0.6) is 0 Å². The molecule has 2 heteroatoms. The molecular formula is C10H14O2. The molecule has 0 aromatic rings. The third-order valence-corrected chi connectivity index (χ3v) is 1.26. The largest absolute Gasteiger partial charge is 0.461 e. The number of carbonyl (C=O) groups is 1. The van der Waals surface area contributed by atoms with Gasteiger partial charge in [-0.2, -0.15) is 0 Å². The summed E-state index contributed by atoms with van der Waals surface area (Å²) >= 11 is 0. The summed E-state index contributed by atoms with van der Waals surface area (Å²) in [7, 11) is 0. The molecule has 66 valence electrons. The van der Waals surface area contributed by atoms with Crippen LogP contribution in [0.25, 0.3) is 0 Å². The standard InChI is InChI=1S/C10H14O2/c1-4-6-7-10(5-2)8-12-9(3)11/h4-7H,1,8H2,2-3H3/b7-6-,10-5+. The zero-order valence-corrected chi connectivity index (χ0v) is 7.54. The van der Waals surface area contributed by atoms with Crippen LogP contribution in [0, 0.1) is 0 Å². The molecule has 0 aromatic heterocycles. The van der Waals surface area contributed by atoms with Crippen molar-refractivity contribution in [1.82, 2.24) is 0 Å². The summed E-state index contributed by atoms with van der Waals surface area (Å²) in [6.45, 7) is 7.16. The smallest absolute Gasteiger partial charge is 0.302 e. The van der Waals surface area contributed by atoms with Crippen molar-refractivity contribution in [2.75, 3.05) is 6.61 Å². The third-order valence-electron chi connectivity index (χ3n) is 1.26. The Morgan fingerprint density at radius 3 is 2.67 bits per heavy atom. The van der Waals surface area contributed by atoms with Gasteiger partial charge >= 0.3 is 5.97 Å². The second-order valence-electron chi connectivity index (χ2n) is 2.24. The van der Waals surface area contributed by atoms with E-state index in [1.807, 2.05) is 19.1 Å². The van der Waals surface area contributed by atoms with Gasteiger partial charge in [-0.1, -0.05) is 30.9 Å². The number of esters is 1. The van der Waals surface area contributed by atoms with Crippen LogP contribution in [0.1, 0.15) is 13.8 Å². The molecule has 0 bridgehead atoms. The van der Waals surface area contributed by atoms with Crippen LogP contribution in [0.2, 0.25) is 0 Å². The topological polar surface area (TPSA) is 26.3 Å². The zero-order valence-electron chi connectivity index (χ0n) is 7.54. The third kappa shape index (κ3) is 5.47. The first-order valence-electron chi connectivity index (χ1n) is 3.78.